The van der Waals surface area contributed by atoms with Gasteiger partial charge in [-0.15, -0.1) is 12.4 Å². The molecule has 1 aromatic rings. The standard InChI is InChI=1S/C10H15BrN2O2S.ClH/c1-8(12)6-7-13-16(14,15)10-5-3-2-4-9(10)11;/h2-5,8,13H,6-7,12H2,1H3;1H. The van der Waals surface area contributed by atoms with Crippen LogP contribution in [0.1, 0.15) is 13.3 Å². The Labute approximate surface area is 117 Å². The first kappa shape index (κ1) is 16.9. The lowest BCUT2D eigenvalue weighted by Crippen LogP contribution is -2.29. The van der Waals surface area contributed by atoms with Crippen LogP contribution in [0.15, 0.2) is 33.6 Å². The summed E-state index contributed by atoms with van der Waals surface area (Å²) in [5, 5.41) is 0. The van der Waals surface area contributed by atoms with Crippen molar-refractivity contribution < 1.29 is 8.42 Å². The van der Waals surface area contributed by atoms with E-state index >= 15 is 0 Å². The molecule has 0 aliphatic rings. The molecular formula is C10H16BrClN2O2S. The van der Waals surface area contributed by atoms with E-state index in [2.05, 4.69) is 20.7 Å². The summed E-state index contributed by atoms with van der Waals surface area (Å²) in [4.78, 5) is 0.250. The van der Waals surface area contributed by atoms with Crippen molar-refractivity contribution in [1.29, 1.82) is 0 Å². The van der Waals surface area contributed by atoms with Gasteiger partial charge in [0.25, 0.3) is 0 Å². The molecule has 0 aromatic heterocycles. The third kappa shape index (κ3) is 5.35. The average Bonchev–Trinajstić information content (AvgIpc) is 2.17. The van der Waals surface area contributed by atoms with Gasteiger partial charge in [0.2, 0.25) is 10.0 Å². The molecule has 3 N–H and O–H groups in total. The van der Waals surface area contributed by atoms with Gasteiger partial charge < -0.3 is 5.73 Å². The van der Waals surface area contributed by atoms with Crippen LogP contribution in [0.5, 0.6) is 0 Å². The van der Waals surface area contributed by atoms with E-state index in [-0.39, 0.29) is 23.3 Å². The van der Waals surface area contributed by atoms with Crippen molar-refractivity contribution in [2.45, 2.75) is 24.3 Å². The van der Waals surface area contributed by atoms with Crippen LogP contribution in [-0.4, -0.2) is 21.0 Å². The summed E-state index contributed by atoms with van der Waals surface area (Å²) in [5.41, 5.74) is 5.55. The molecule has 0 bridgehead atoms. The summed E-state index contributed by atoms with van der Waals surface area (Å²) in [6, 6.07) is 6.69. The van der Waals surface area contributed by atoms with Crippen molar-refractivity contribution in [3.8, 4) is 0 Å². The predicted octanol–water partition coefficient (Wildman–Crippen LogP) is 1.89. The zero-order valence-electron chi connectivity index (χ0n) is 9.39. The number of sulfonamides is 1. The average molecular weight is 344 g/mol. The summed E-state index contributed by atoms with van der Waals surface area (Å²) < 4.78 is 26.8. The Hall–Kier alpha value is -0.140. The van der Waals surface area contributed by atoms with Crippen molar-refractivity contribution >= 4 is 38.4 Å². The Balaban J connectivity index is 0.00000256. The number of benzene rings is 1. The monoisotopic (exact) mass is 342 g/mol. The summed E-state index contributed by atoms with van der Waals surface area (Å²) in [6.45, 7) is 2.19. The third-order valence-corrected chi connectivity index (χ3v) is 4.49. The zero-order valence-corrected chi connectivity index (χ0v) is 12.6. The highest BCUT2D eigenvalue weighted by Crippen LogP contribution is 2.20. The van der Waals surface area contributed by atoms with Gasteiger partial charge in [-0.3, -0.25) is 0 Å². The number of hydrogen-bond acceptors (Lipinski definition) is 3. The van der Waals surface area contributed by atoms with Gasteiger partial charge in [0.15, 0.2) is 0 Å². The van der Waals surface area contributed by atoms with Crippen molar-refractivity contribution in [2.24, 2.45) is 5.73 Å². The molecule has 7 heteroatoms. The van der Waals surface area contributed by atoms with Crippen LogP contribution in [-0.2, 0) is 10.0 Å². The number of nitrogens with one attached hydrogen (secondary N) is 1. The van der Waals surface area contributed by atoms with E-state index in [0.29, 0.717) is 17.4 Å². The maximum Gasteiger partial charge on any atom is 0.241 e. The Morgan fingerprint density at radius 1 is 1.41 bits per heavy atom. The fourth-order valence-electron chi connectivity index (χ4n) is 1.16. The molecule has 17 heavy (non-hydrogen) atoms. The molecule has 0 amide bonds. The van der Waals surface area contributed by atoms with Crippen molar-refractivity contribution in [1.82, 2.24) is 4.72 Å². The Morgan fingerprint density at radius 3 is 2.53 bits per heavy atom. The van der Waals surface area contributed by atoms with Gasteiger partial charge in [0.1, 0.15) is 0 Å². The van der Waals surface area contributed by atoms with Gasteiger partial charge in [0.05, 0.1) is 4.90 Å². The zero-order chi connectivity index (χ0) is 12.2. The van der Waals surface area contributed by atoms with Crippen LogP contribution in [0.25, 0.3) is 0 Å². The lowest BCUT2D eigenvalue weighted by atomic mass is 10.3. The minimum absolute atomic E-state index is 0. The van der Waals surface area contributed by atoms with E-state index in [1.54, 1.807) is 24.3 Å². The second-order valence-electron chi connectivity index (χ2n) is 3.59. The fraction of sp³-hybridized carbons (Fsp3) is 0.400. The largest absolute Gasteiger partial charge is 0.328 e. The van der Waals surface area contributed by atoms with Gasteiger partial charge in [-0.1, -0.05) is 12.1 Å². The first-order valence-electron chi connectivity index (χ1n) is 4.93. The molecule has 1 rings (SSSR count). The SMILES string of the molecule is CC(N)CCNS(=O)(=O)c1ccccc1Br.Cl. The molecule has 0 saturated heterocycles. The van der Waals surface area contributed by atoms with Crippen LogP contribution < -0.4 is 10.5 Å². The van der Waals surface area contributed by atoms with E-state index in [1.165, 1.54) is 0 Å². The quantitative estimate of drug-likeness (QED) is 0.857. The lowest BCUT2D eigenvalue weighted by molar-refractivity contribution is 0.571. The molecule has 0 spiro atoms. The summed E-state index contributed by atoms with van der Waals surface area (Å²) in [5.74, 6) is 0. The van der Waals surface area contributed by atoms with Crippen LogP contribution in [0.3, 0.4) is 0 Å². The summed E-state index contributed by atoms with van der Waals surface area (Å²) in [7, 11) is -3.44. The molecule has 0 radical (unpaired) electrons. The van der Waals surface area contributed by atoms with Crippen molar-refractivity contribution in [3.05, 3.63) is 28.7 Å². The van der Waals surface area contributed by atoms with Gasteiger partial charge in [-0.05, 0) is 41.4 Å². The van der Waals surface area contributed by atoms with Gasteiger partial charge in [-0.25, -0.2) is 13.1 Å². The van der Waals surface area contributed by atoms with E-state index in [0.717, 1.165) is 0 Å². The Bertz CT molecular complexity index is 451. The first-order chi connectivity index (χ1) is 7.43. The highest BCUT2D eigenvalue weighted by atomic mass is 79.9. The van der Waals surface area contributed by atoms with E-state index in [9.17, 15) is 8.42 Å². The number of halogens is 2. The topological polar surface area (TPSA) is 72.2 Å². The smallest absolute Gasteiger partial charge is 0.241 e. The maximum absolute atomic E-state index is 11.9. The molecule has 0 aliphatic heterocycles. The molecule has 4 nitrogen and oxygen atoms in total. The Kier molecular flexibility index (Phi) is 7.27. The van der Waals surface area contributed by atoms with Crippen molar-refractivity contribution in [2.75, 3.05) is 6.54 Å². The predicted molar refractivity (Wildman–Crippen MR) is 74.8 cm³/mol. The number of hydrogen-bond donors (Lipinski definition) is 2. The summed E-state index contributed by atoms with van der Waals surface area (Å²) in [6.07, 6.45) is 0.615. The second-order valence-corrected chi connectivity index (χ2v) is 6.18. The van der Waals surface area contributed by atoms with E-state index in [1.807, 2.05) is 6.92 Å². The van der Waals surface area contributed by atoms with Gasteiger partial charge in [-0.2, -0.15) is 0 Å². The summed E-state index contributed by atoms with van der Waals surface area (Å²) >= 11 is 3.21. The van der Waals surface area contributed by atoms with Crippen LogP contribution >= 0.6 is 28.3 Å². The fourth-order valence-corrected chi connectivity index (χ4v) is 3.21. The van der Waals surface area contributed by atoms with Gasteiger partial charge >= 0.3 is 0 Å². The highest BCUT2D eigenvalue weighted by Gasteiger charge is 2.16. The highest BCUT2D eigenvalue weighted by molar-refractivity contribution is 9.10. The van der Waals surface area contributed by atoms with Gasteiger partial charge in [0, 0.05) is 17.1 Å². The van der Waals surface area contributed by atoms with Crippen LogP contribution in [0, 0.1) is 0 Å². The minimum Gasteiger partial charge on any atom is -0.328 e. The molecule has 1 aromatic carbocycles. The molecular weight excluding hydrogens is 328 g/mol. The van der Waals surface area contributed by atoms with E-state index in [4.69, 9.17) is 5.73 Å². The minimum atomic E-state index is -3.44. The molecule has 1 atom stereocenters. The maximum atomic E-state index is 11.9. The lowest BCUT2D eigenvalue weighted by Gasteiger charge is -2.09. The normalized spacial score (nSPS) is 12.9. The Morgan fingerprint density at radius 2 is 2.00 bits per heavy atom. The van der Waals surface area contributed by atoms with Crippen LogP contribution in [0.4, 0.5) is 0 Å². The molecule has 0 heterocycles. The third-order valence-electron chi connectivity index (χ3n) is 2.02. The molecule has 0 aliphatic carbocycles. The first-order valence-corrected chi connectivity index (χ1v) is 7.21. The molecule has 0 saturated carbocycles. The molecule has 1 unspecified atom stereocenters. The van der Waals surface area contributed by atoms with Crippen molar-refractivity contribution in [3.63, 3.8) is 0 Å². The number of rotatable bonds is 5. The molecule has 98 valence electrons. The van der Waals surface area contributed by atoms with E-state index < -0.39 is 10.0 Å². The number of nitrogens with two attached hydrogens (primary N) is 1. The van der Waals surface area contributed by atoms with Crippen LogP contribution in [0.2, 0.25) is 0 Å². The molecule has 0 fully saturated rings. The second kappa shape index (κ2) is 7.33.